The predicted octanol–water partition coefficient (Wildman–Crippen LogP) is 0.926. The van der Waals surface area contributed by atoms with Crippen LogP contribution >= 0.6 is 0 Å². The van der Waals surface area contributed by atoms with Crippen LogP contribution in [0.25, 0.3) is 0 Å². The first kappa shape index (κ1) is 9.39. The Balaban J connectivity index is 2.46. The van der Waals surface area contributed by atoms with Gasteiger partial charge in [-0.15, -0.1) is 0 Å². The van der Waals surface area contributed by atoms with E-state index < -0.39 is 0 Å². The Morgan fingerprint density at radius 1 is 1.40 bits per heavy atom. The third-order valence-electron chi connectivity index (χ3n) is 2.20. The average molecular weight is 202 g/mol. The van der Waals surface area contributed by atoms with Crippen LogP contribution in [0.2, 0.25) is 0 Å². The van der Waals surface area contributed by atoms with E-state index in [4.69, 9.17) is 5.73 Å². The van der Waals surface area contributed by atoms with E-state index in [9.17, 15) is 4.79 Å². The Morgan fingerprint density at radius 2 is 2.20 bits per heavy atom. The van der Waals surface area contributed by atoms with Crippen molar-refractivity contribution in [1.82, 2.24) is 15.2 Å². The van der Waals surface area contributed by atoms with Crippen molar-refractivity contribution in [1.29, 1.82) is 0 Å². The largest absolute Gasteiger partial charge is 0.383 e. The molecule has 0 aromatic carbocycles. The lowest BCUT2D eigenvalue weighted by atomic mass is 10.0. The van der Waals surface area contributed by atoms with Gasteiger partial charge in [0.15, 0.2) is 5.78 Å². The van der Waals surface area contributed by atoms with Gasteiger partial charge in [-0.2, -0.15) is 5.10 Å². The normalized spacial score (nSPS) is 10.2. The lowest BCUT2D eigenvalue weighted by Crippen LogP contribution is -2.05. The van der Waals surface area contributed by atoms with Crippen LogP contribution in [-0.4, -0.2) is 21.0 Å². The van der Waals surface area contributed by atoms with Crippen LogP contribution in [0.5, 0.6) is 0 Å². The molecule has 2 aromatic rings. The number of nitrogens with zero attached hydrogens (tertiary/aromatic N) is 2. The second-order valence-corrected chi connectivity index (χ2v) is 3.22. The lowest BCUT2D eigenvalue weighted by molar-refractivity contribution is 0.103. The van der Waals surface area contributed by atoms with E-state index in [1.807, 2.05) is 6.92 Å². The molecule has 2 heterocycles. The molecule has 0 fully saturated rings. The maximum Gasteiger partial charge on any atom is 0.200 e. The molecule has 0 saturated heterocycles. The molecule has 0 bridgehead atoms. The molecule has 3 N–H and O–H groups in total. The number of aryl methyl sites for hydroxylation is 1. The summed E-state index contributed by atoms with van der Waals surface area (Å²) in [6.45, 7) is 1.85. The molecule has 0 atom stereocenters. The summed E-state index contributed by atoms with van der Waals surface area (Å²) >= 11 is 0. The summed E-state index contributed by atoms with van der Waals surface area (Å²) in [6, 6.07) is 1.78. The summed E-state index contributed by atoms with van der Waals surface area (Å²) < 4.78 is 0. The van der Waals surface area contributed by atoms with Crippen LogP contribution < -0.4 is 5.73 Å². The Hall–Kier alpha value is -2.17. The van der Waals surface area contributed by atoms with Gasteiger partial charge in [-0.3, -0.25) is 14.9 Å². The number of aromatic nitrogens is 3. The molecule has 0 radical (unpaired) electrons. The van der Waals surface area contributed by atoms with Crippen LogP contribution in [-0.2, 0) is 0 Å². The van der Waals surface area contributed by atoms with Gasteiger partial charge in [0.25, 0.3) is 0 Å². The number of carbonyl (C=O) groups is 1. The van der Waals surface area contributed by atoms with E-state index in [0.29, 0.717) is 11.1 Å². The number of aromatic amines is 1. The molecule has 0 aliphatic heterocycles. The molecule has 0 unspecified atom stereocenters. The summed E-state index contributed by atoms with van der Waals surface area (Å²) in [6.07, 6.45) is 4.60. The summed E-state index contributed by atoms with van der Waals surface area (Å²) in [4.78, 5) is 15.9. The van der Waals surface area contributed by atoms with Crippen molar-refractivity contribution in [3.63, 3.8) is 0 Å². The first-order chi connectivity index (χ1) is 7.20. The third kappa shape index (κ3) is 1.59. The SMILES string of the molecule is Cc1ccncc1C(=O)c1cn[nH]c1N. The maximum atomic E-state index is 12.0. The first-order valence-corrected chi connectivity index (χ1v) is 4.44. The number of hydrogen-bond acceptors (Lipinski definition) is 4. The second kappa shape index (κ2) is 3.53. The number of nitrogens with one attached hydrogen (secondary N) is 1. The third-order valence-corrected chi connectivity index (χ3v) is 2.20. The number of carbonyl (C=O) groups excluding carboxylic acids is 1. The highest BCUT2D eigenvalue weighted by Gasteiger charge is 2.15. The van der Waals surface area contributed by atoms with E-state index in [0.717, 1.165) is 5.56 Å². The van der Waals surface area contributed by atoms with E-state index in [1.165, 1.54) is 12.4 Å². The standard InChI is InChI=1S/C10H10N4O/c1-6-2-3-12-4-7(6)9(15)8-5-13-14-10(8)11/h2-5H,1H3,(H3,11,13,14). The minimum absolute atomic E-state index is 0.160. The van der Waals surface area contributed by atoms with Gasteiger partial charge in [0.05, 0.1) is 11.8 Å². The highest BCUT2D eigenvalue weighted by atomic mass is 16.1. The molecule has 76 valence electrons. The van der Waals surface area contributed by atoms with Crippen molar-refractivity contribution < 1.29 is 4.79 Å². The molecule has 0 spiro atoms. The van der Waals surface area contributed by atoms with Crippen LogP contribution in [0.1, 0.15) is 21.5 Å². The number of anilines is 1. The van der Waals surface area contributed by atoms with Crippen LogP contribution in [0.3, 0.4) is 0 Å². The lowest BCUT2D eigenvalue weighted by Gasteiger charge is -2.02. The maximum absolute atomic E-state index is 12.0. The van der Waals surface area contributed by atoms with Crippen molar-refractivity contribution in [3.8, 4) is 0 Å². The van der Waals surface area contributed by atoms with Gasteiger partial charge in [0, 0.05) is 18.0 Å². The van der Waals surface area contributed by atoms with E-state index in [-0.39, 0.29) is 11.6 Å². The average Bonchev–Trinajstić information content (AvgIpc) is 2.64. The van der Waals surface area contributed by atoms with Crippen molar-refractivity contribution in [2.45, 2.75) is 6.92 Å². The fourth-order valence-electron chi connectivity index (χ4n) is 1.32. The van der Waals surface area contributed by atoms with Gasteiger partial charge >= 0.3 is 0 Å². The summed E-state index contributed by atoms with van der Waals surface area (Å²) in [5.74, 6) is 0.120. The number of hydrogen-bond donors (Lipinski definition) is 2. The Morgan fingerprint density at radius 3 is 2.80 bits per heavy atom. The predicted molar refractivity (Wildman–Crippen MR) is 55.4 cm³/mol. The van der Waals surface area contributed by atoms with Gasteiger partial charge in [-0.05, 0) is 18.6 Å². The minimum atomic E-state index is -0.160. The zero-order chi connectivity index (χ0) is 10.8. The molecule has 0 amide bonds. The number of nitrogen functional groups attached to an aromatic ring is 1. The molecule has 5 heteroatoms. The fraction of sp³-hybridized carbons (Fsp3) is 0.100. The van der Waals surface area contributed by atoms with Crippen LogP contribution in [0.4, 0.5) is 5.82 Å². The summed E-state index contributed by atoms with van der Waals surface area (Å²) in [5.41, 5.74) is 7.37. The fourth-order valence-corrected chi connectivity index (χ4v) is 1.32. The van der Waals surface area contributed by atoms with Crippen molar-refractivity contribution in [3.05, 3.63) is 41.3 Å². The van der Waals surface area contributed by atoms with Crippen molar-refractivity contribution >= 4 is 11.6 Å². The van der Waals surface area contributed by atoms with Gasteiger partial charge in [-0.1, -0.05) is 0 Å². The summed E-state index contributed by atoms with van der Waals surface area (Å²) in [7, 11) is 0. The van der Waals surface area contributed by atoms with Gasteiger partial charge in [0.2, 0.25) is 0 Å². The minimum Gasteiger partial charge on any atom is -0.383 e. The summed E-state index contributed by atoms with van der Waals surface area (Å²) in [5, 5.41) is 6.23. The number of H-pyrrole nitrogens is 1. The molecule has 0 aliphatic rings. The topological polar surface area (TPSA) is 84.7 Å². The second-order valence-electron chi connectivity index (χ2n) is 3.22. The molecule has 15 heavy (non-hydrogen) atoms. The van der Waals surface area contributed by atoms with Crippen LogP contribution in [0, 0.1) is 6.92 Å². The van der Waals surface area contributed by atoms with E-state index >= 15 is 0 Å². The van der Waals surface area contributed by atoms with Gasteiger partial charge in [-0.25, -0.2) is 0 Å². The van der Waals surface area contributed by atoms with Crippen LogP contribution in [0.15, 0.2) is 24.7 Å². The highest BCUT2D eigenvalue weighted by Crippen LogP contribution is 2.15. The molecular weight excluding hydrogens is 192 g/mol. The highest BCUT2D eigenvalue weighted by molar-refractivity contribution is 6.12. The zero-order valence-electron chi connectivity index (χ0n) is 8.19. The van der Waals surface area contributed by atoms with Gasteiger partial charge < -0.3 is 5.73 Å². The Bertz CT molecular complexity index is 504. The monoisotopic (exact) mass is 202 g/mol. The number of rotatable bonds is 2. The Labute approximate surface area is 86.3 Å². The number of nitrogens with two attached hydrogens (primary N) is 1. The van der Waals surface area contributed by atoms with E-state index in [1.54, 1.807) is 12.3 Å². The zero-order valence-corrected chi connectivity index (χ0v) is 8.19. The Kier molecular flexibility index (Phi) is 2.21. The van der Waals surface area contributed by atoms with E-state index in [2.05, 4.69) is 15.2 Å². The first-order valence-electron chi connectivity index (χ1n) is 4.44. The van der Waals surface area contributed by atoms with Crippen molar-refractivity contribution in [2.24, 2.45) is 0 Å². The number of pyridine rings is 1. The van der Waals surface area contributed by atoms with Gasteiger partial charge in [0.1, 0.15) is 5.82 Å². The quantitative estimate of drug-likeness (QED) is 0.709. The molecule has 5 nitrogen and oxygen atoms in total. The molecule has 2 aromatic heterocycles. The molecule has 2 rings (SSSR count). The molecular formula is C10H10N4O. The van der Waals surface area contributed by atoms with Crippen molar-refractivity contribution in [2.75, 3.05) is 5.73 Å². The number of ketones is 1. The molecule has 0 saturated carbocycles. The smallest absolute Gasteiger partial charge is 0.200 e. The molecule has 0 aliphatic carbocycles.